The third-order valence-corrected chi connectivity index (χ3v) is 4.96. The predicted octanol–water partition coefficient (Wildman–Crippen LogP) is 4.25. The zero-order valence-electron chi connectivity index (χ0n) is 16.4. The van der Waals surface area contributed by atoms with Crippen molar-refractivity contribution < 1.29 is 19.1 Å². The predicted molar refractivity (Wildman–Crippen MR) is 110 cm³/mol. The van der Waals surface area contributed by atoms with Crippen LogP contribution in [0, 0.1) is 13.8 Å². The Balaban J connectivity index is 1.72. The summed E-state index contributed by atoms with van der Waals surface area (Å²) in [7, 11) is 1.52. The third-order valence-electron chi connectivity index (χ3n) is 4.59. The van der Waals surface area contributed by atoms with Gasteiger partial charge in [-0.3, -0.25) is 9.48 Å². The van der Waals surface area contributed by atoms with Gasteiger partial charge >= 0.3 is 5.97 Å². The molecule has 29 heavy (non-hydrogen) atoms. The van der Waals surface area contributed by atoms with Crippen LogP contribution in [0.3, 0.4) is 0 Å². The van der Waals surface area contributed by atoms with E-state index in [2.05, 4.69) is 5.10 Å². The van der Waals surface area contributed by atoms with Gasteiger partial charge in [-0.25, -0.2) is 4.79 Å². The van der Waals surface area contributed by atoms with Gasteiger partial charge in [0.2, 0.25) is 0 Å². The van der Waals surface area contributed by atoms with E-state index in [1.807, 2.05) is 24.3 Å². The number of methoxy groups -OCH3 is 1. The maximum atomic E-state index is 12.6. The Morgan fingerprint density at radius 2 is 1.86 bits per heavy atom. The van der Waals surface area contributed by atoms with Crippen molar-refractivity contribution in [3.8, 4) is 5.75 Å². The van der Waals surface area contributed by atoms with E-state index < -0.39 is 5.97 Å². The number of carbonyl (C=O) groups excluding carboxylic acids is 2. The number of hydrogen-bond acceptors (Lipinski definition) is 5. The van der Waals surface area contributed by atoms with E-state index in [-0.39, 0.29) is 12.4 Å². The molecule has 7 heteroatoms. The molecular formula is C22H21ClN2O4. The van der Waals surface area contributed by atoms with Crippen LogP contribution in [0.2, 0.25) is 5.02 Å². The highest BCUT2D eigenvalue weighted by Gasteiger charge is 2.21. The molecule has 0 spiro atoms. The second-order valence-electron chi connectivity index (χ2n) is 6.53. The SMILES string of the molecule is COc1cccc(C(=O)COC(=O)c2c(C)nn(Cc3ccccc3Cl)c2C)c1. The van der Waals surface area contributed by atoms with Crippen molar-refractivity contribution >= 4 is 23.4 Å². The van der Waals surface area contributed by atoms with Gasteiger partial charge in [-0.2, -0.15) is 5.10 Å². The highest BCUT2D eigenvalue weighted by Crippen LogP contribution is 2.20. The average molecular weight is 413 g/mol. The maximum Gasteiger partial charge on any atom is 0.342 e. The quantitative estimate of drug-likeness (QED) is 0.428. The van der Waals surface area contributed by atoms with Gasteiger partial charge in [0.05, 0.1) is 25.0 Å². The van der Waals surface area contributed by atoms with Crippen molar-refractivity contribution in [2.24, 2.45) is 0 Å². The van der Waals surface area contributed by atoms with E-state index in [0.717, 1.165) is 5.56 Å². The first-order valence-corrected chi connectivity index (χ1v) is 9.40. The number of esters is 1. The van der Waals surface area contributed by atoms with Crippen LogP contribution >= 0.6 is 11.6 Å². The molecule has 1 aromatic heterocycles. The summed E-state index contributed by atoms with van der Waals surface area (Å²) in [5.41, 5.74) is 2.86. The molecule has 0 aliphatic rings. The number of ether oxygens (including phenoxy) is 2. The van der Waals surface area contributed by atoms with Crippen molar-refractivity contribution in [1.82, 2.24) is 9.78 Å². The number of hydrogen-bond donors (Lipinski definition) is 0. The Labute approximate surface area is 174 Å². The molecule has 0 amide bonds. The first-order valence-electron chi connectivity index (χ1n) is 9.02. The largest absolute Gasteiger partial charge is 0.497 e. The molecule has 0 bridgehead atoms. The van der Waals surface area contributed by atoms with Crippen LogP contribution < -0.4 is 4.74 Å². The van der Waals surface area contributed by atoms with Crippen molar-refractivity contribution in [3.63, 3.8) is 0 Å². The van der Waals surface area contributed by atoms with E-state index in [9.17, 15) is 9.59 Å². The number of nitrogens with zero attached hydrogens (tertiary/aromatic N) is 2. The number of halogens is 1. The minimum absolute atomic E-state index is 0.309. The van der Waals surface area contributed by atoms with Crippen molar-refractivity contribution in [3.05, 3.63) is 81.6 Å². The molecule has 0 N–H and O–H groups in total. The van der Waals surface area contributed by atoms with E-state index in [4.69, 9.17) is 21.1 Å². The first-order chi connectivity index (χ1) is 13.9. The van der Waals surface area contributed by atoms with E-state index in [1.165, 1.54) is 7.11 Å². The number of ketones is 1. The summed E-state index contributed by atoms with van der Waals surface area (Å²) in [6.45, 7) is 3.59. The Morgan fingerprint density at radius 1 is 1.10 bits per heavy atom. The van der Waals surface area contributed by atoms with Crippen LogP contribution in [0.4, 0.5) is 0 Å². The molecular weight excluding hydrogens is 392 g/mol. The van der Waals surface area contributed by atoms with Gasteiger partial charge in [0.1, 0.15) is 11.3 Å². The topological polar surface area (TPSA) is 70.4 Å². The van der Waals surface area contributed by atoms with Gasteiger partial charge in [0, 0.05) is 10.6 Å². The standard InChI is InChI=1S/C22H21ClN2O4/c1-14-21(15(2)25(24-14)12-17-7-4-5-10-19(17)23)22(27)29-13-20(26)16-8-6-9-18(11-16)28-3/h4-11H,12-13H2,1-3H3. The second-order valence-corrected chi connectivity index (χ2v) is 6.93. The van der Waals surface area contributed by atoms with Gasteiger partial charge in [-0.15, -0.1) is 0 Å². The fraction of sp³-hybridized carbons (Fsp3) is 0.227. The smallest absolute Gasteiger partial charge is 0.342 e. The number of carbonyl (C=O) groups is 2. The average Bonchev–Trinajstić information content (AvgIpc) is 3.00. The van der Waals surface area contributed by atoms with Crippen molar-refractivity contribution in [2.75, 3.05) is 13.7 Å². The third kappa shape index (κ3) is 4.66. The molecule has 0 saturated heterocycles. The summed E-state index contributed by atoms with van der Waals surface area (Å²) in [5, 5.41) is 5.06. The highest BCUT2D eigenvalue weighted by molar-refractivity contribution is 6.31. The Morgan fingerprint density at radius 3 is 2.59 bits per heavy atom. The second kappa shape index (κ2) is 8.92. The van der Waals surface area contributed by atoms with Gasteiger partial charge in [0.25, 0.3) is 0 Å². The van der Waals surface area contributed by atoms with E-state index in [1.54, 1.807) is 42.8 Å². The lowest BCUT2D eigenvalue weighted by Gasteiger charge is -2.08. The molecule has 0 unspecified atom stereocenters. The molecule has 0 aliphatic heterocycles. The van der Waals surface area contributed by atoms with Gasteiger partial charge < -0.3 is 9.47 Å². The van der Waals surface area contributed by atoms with Gasteiger partial charge in [-0.1, -0.05) is 41.9 Å². The number of aryl methyl sites for hydroxylation is 1. The van der Waals surface area contributed by atoms with Crippen LogP contribution in [0.5, 0.6) is 5.75 Å². The summed E-state index contributed by atoms with van der Waals surface area (Å²) >= 11 is 6.22. The molecule has 0 radical (unpaired) electrons. The minimum Gasteiger partial charge on any atom is -0.497 e. The first kappa shape index (κ1) is 20.6. The lowest BCUT2D eigenvalue weighted by atomic mass is 10.1. The monoisotopic (exact) mass is 412 g/mol. The Bertz CT molecular complexity index is 1060. The van der Waals surface area contributed by atoms with E-state index >= 15 is 0 Å². The lowest BCUT2D eigenvalue weighted by Crippen LogP contribution is -2.15. The lowest BCUT2D eigenvalue weighted by molar-refractivity contribution is 0.0473. The summed E-state index contributed by atoms with van der Waals surface area (Å²) in [6, 6.07) is 14.2. The molecule has 1 heterocycles. The molecule has 3 aromatic rings. The Kier molecular flexibility index (Phi) is 6.34. The summed E-state index contributed by atoms with van der Waals surface area (Å²) in [5.74, 6) is -0.326. The molecule has 0 fully saturated rings. The molecule has 6 nitrogen and oxygen atoms in total. The molecule has 0 aliphatic carbocycles. The zero-order chi connectivity index (χ0) is 21.0. The number of aromatic nitrogens is 2. The highest BCUT2D eigenvalue weighted by atomic mass is 35.5. The maximum absolute atomic E-state index is 12.6. The van der Waals surface area contributed by atoms with Crippen molar-refractivity contribution in [1.29, 1.82) is 0 Å². The number of Topliss-reactive ketones (excluding diaryl/α,β-unsaturated/α-hetero) is 1. The summed E-state index contributed by atoms with van der Waals surface area (Å²) in [6.07, 6.45) is 0. The van der Waals surface area contributed by atoms with Crippen LogP contribution in [0.25, 0.3) is 0 Å². The van der Waals surface area contributed by atoms with E-state index in [0.29, 0.717) is 39.8 Å². The molecule has 3 rings (SSSR count). The van der Waals surface area contributed by atoms with Crippen LogP contribution in [0.15, 0.2) is 48.5 Å². The molecule has 0 atom stereocenters. The Hall–Kier alpha value is -3.12. The van der Waals surface area contributed by atoms with Crippen LogP contribution in [-0.2, 0) is 11.3 Å². The van der Waals surface area contributed by atoms with Crippen LogP contribution in [0.1, 0.15) is 37.7 Å². The van der Waals surface area contributed by atoms with Gasteiger partial charge in [-0.05, 0) is 37.6 Å². The number of benzene rings is 2. The van der Waals surface area contributed by atoms with Gasteiger partial charge in [0.15, 0.2) is 12.4 Å². The number of rotatable bonds is 7. The summed E-state index contributed by atoms with van der Waals surface area (Å²) in [4.78, 5) is 24.9. The fourth-order valence-corrected chi connectivity index (χ4v) is 3.21. The van der Waals surface area contributed by atoms with Crippen LogP contribution in [-0.4, -0.2) is 35.2 Å². The normalized spacial score (nSPS) is 10.6. The molecule has 0 saturated carbocycles. The minimum atomic E-state index is -0.582. The molecule has 150 valence electrons. The molecule has 2 aromatic carbocycles. The van der Waals surface area contributed by atoms with Crippen molar-refractivity contribution in [2.45, 2.75) is 20.4 Å². The summed E-state index contributed by atoms with van der Waals surface area (Å²) < 4.78 is 12.1. The fourth-order valence-electron chi connectivity index (χ4n) is 3.02. The zero-order valence-corrected chi connectivity index (χ0v) is 17.2.